The number of methoxy groups -OCH3 is 1. The van der Waals surface area contributed by atoms with Crippen LogP contribution in [0.5, 0.6) is 5.75 Å². The third-order valence-electron chi connectivity index (χ3n) is 4.30. The molecule has 0 radical (unpaired) electrons. The molecule has 3 aromatic heterocycles. The number of nitrogen functional groups attached to an aromatic ring is 1. The molecule has 0 aliphatic heterocycles. The summed E-state index contributed by atoms with van der Waals surface area (Å²) in [4.78, 5) is 14.7. The molecule has 0 aliphatic rings. The zero-order valence-corrected chi connectivity index (χ0v) is 15.7. The van der Waals surface area contributed by atoms with E-state index in [0.29, 0.717) is 23.0 Å². The van der Waals surface area contributed by atoms with E-state index in [2.05, 4.69) is 15.0 Å². The summed E-state index contributed by atoms with van der Waals surface area (Å²) in [6.45, 7) is 1.91. The molecule has 0 fully saturated rings. The summed E-state index contributed by atoms with van der Waals surface area (Å²) in [5.41, 5.74) is 8.61. The highest BCUT2D eigenvalue weighted by Crippen LogP contribution is 2.37. The Morgan fingerprint density at radius 1 is 1.15 bits per heavy atom. The van der Waals surface area contributed by atoms with Crippen molar-refractivity contribution < 1.29 is 9.84 Å². The van der Waals surface area contributed by atoms with Crippen molar-refractivity contribution in [3.8, 4) is 17.1 Å². The van der Waals surface area contributed by atoms with Crippen molar-refractivity contribution in [1.82, 2.24) is 15.0 Å². The number of nitrogens with two attached hydrogens (primary N) is 1. The molecule has 7 heteroatoms. The second-order valence-electron chi connectivity index (χ2n) is 6.13. The first-order chi connectivity index (χ1) is 13.1. The minimum atomic E-state index is -0.827. The Kier molecular flexibility index (Phi) is 4.47. The average Bonchev–Trinajstić information content (AvgIpc) is 3.12. The maximum atomic E-state index is 10.9. The number of aliphatic hydroxyl groups excluding tert-OH is 1. The molecule has 27 heavy (non-hydrogen) atoms. The summed E-state index contributed by atoms with van der Waals surface area (Å²) in [5.74, 6) is 1.57. The van der Waals surface area contributed by atoms with Crippen molar-refractivity contribution in [2.24, 2.45) is 0 Å². The number of rotatable bonds is 4. The second kappa shape index (κ2) is 6.94. The van der Waals surface area contributed by atoms with Crippen LogP contribution in [0.4, 0.5) is 5.82 Å². The van der Waals surface area contributed by atoms with Crippen LogP contribution < -0.4 is 10.5 Å². The molecule has 136 valence electrons. The smallest absolute Gasteiger partial charge is 0.163 e. The van der Waals surface area contributed by atoms with Crippen LogP contribution >= 0.6 is 11.3 Å². The molecule has 1 aromatic carbocycles. The van der Waals surface area contributed by atoms with Gasteiger partial charge in [0.15, 0.2) is 5.82 Å². The Labute approximate surface area is 160 Å². The van der Waals surface area contributed by atoms with Gasteiger partial charge in [-0.1, -0.05) is 18.2 Å². The van der Waals surface area contributed by atoms with Crippen molar-refractivity contribution in [1.29, 1.82) is 0 Å². The Bertz CT molecular complexity index is 1130. The van der Waals surface area contributed by atoms with E-state index in [1.54, 1.807) is 13.3 Å². The van der Waals surface area contributed by atoms with Crippen LogP contribution in [0.2, 0.25) is 0 Å². The minimum Gasteiger partial charge on any atom is -0.496 e. The number of pyridine rings is 1. The maximum absolute atomic E-state index is 10.9. The first-order valence-corrected chi connectivity index (χ1v) is 9.19. The average molecular weight is 378 g/mol. The van der Waals surface area contributed by atoms with Gasteiger partial charge in [-0.25, -0.2) is 9.97 Å². The lowest BCUT2D eigenvalue weighted by Crippen LogP contribution is -2.00. The van der Waals surface area contributed by atoms with Crippen molar-refractivity contribution in [2.45, 2.75) is 13.0 Å². The number of hydrogen-bond acceptors (Lipinski definition) is 7. The number of fused-ring (bicyclic) bond motifs is 1. The first kappa shape index (κ1) is 17.4. The van der Waals surface area contributed by atoms with Gasteiger partial charge < -0.3 is 15.6 Å². The number of aromatic nitrogens is 3. The Morgan fingerprint density at radius 2 is 1.96 bits per heavy atom. The van der Waals surface area contributed by atoms with Gasteiger partial charge in [-0.2, -0.15) is 0 Å². The lowest BCUT2D eigenvalue weighted by atomic mass is 10.1. The van der Waals surface area contributed by atoms with E-state index in [-0.39, 0.29) is 0 Å². The van der Waals surface area contributed by atoms with Gasteiger partial charge >= 0.3 is 0 Å². The molecule has 3 heterocycles. The van der Waals surface area contributed by atoms with Crippen LogP contribution in [-0.4, -0.2) is 27.2 Å². The van der Waals surface area contributed by atoms with E-state index in [4.69, 9.17) is 10.5 Å². The van der Waals surface area contributed by atoms with Gasteiger partial charge in [-0.3, -0.25) is 4.98 Å². The molecule has 6 nitrogen and oxygen atoms in total. The summed E-state index contributed by atoms with van der Waals surface area (Å²) >= 11 is 1.39. The lowest BCUT2D eigenvalue weighted by molar-refractivity contribution is 0.218. The van der Waals surface area contributed by atoms with Crippen molar-refractivity contribution in [2.75, 3.05) is 12.8 Å². The summed E-state index contributed by atoms with van der Waals surface area (Å²) in [5, 5.41) is 11.6. The van der Waals surface area contributed by atoms with E-state index < -0.39 is 6.10 Å². The van der Waals surface area contributed by atoms with E-state index in [1.807, 2.05) is 49.4 Å². The number of ether oxygens (including phenoxy) is 1. The molecule has 3 N–H and O–H groups in total. The lowest BCUT2D eigenvalue weighted by Gasteiger charge is -2.12. The predicted octanol–water partition coefficient (Wildman–Crippen LogP) is 3.73. The molecule has 0 aliphatic carbocycles. The Morgan fingerprint density at radius 3 is 2.74 bits per heavy atom. The fraction of sp³-hybridized carbons (Fsp3) is 0.150. The van der Waals surface area contributed by atoms with E-state index in [0.717, 1.165) is 26.4 Å². The van der Waals surface area contributed by atoms with Gasteiger partial charge in [0.25, 0.3) is 0 Å². The van der Waals surface area contributed by atoms with Crippen molar-refractivity contribution in [3.63, 3.8) is 0 Å². The first-order valence-electron chi connectivity index (χ1n) is 8.38. The largest absolute Gasteiger partial charge is 0.496 e. The quantitative estimate of drug-likeness (QED) is 0.562. The molecule has 4 rings (SSSR count). The number of para-hydroxylation sites is 1. The van der Waals surface area contributed by atoms with Gasteiger partial charge in [-0.05, 0) is 31.2 Å². The number of aryl methyl sites for hydroxylation is 1. The summed E-state index contributed by atoms with van der Waals surface area (Å²) < 4.78 is 5.36. The third-order valence-corrected chi connectivity index (χ3v) is 5.38. The van der Waals surface area contributed by atoms with Crippen LogP contribution in [0.15, 0.2) is 48.7 Å². The van der Waals surface area contributed by atoms with Gasteiger partial charge in [0, 0.05) is 27.9 Å². The highest BCUT2D eigenvalue weighted by molar-refractivity contribution is 7.18. The highest BCUT2D eigenvalue weighted by atomic mass is 32.1. The maximum Gasteiger partial charge on any atom is 0.163 e. The van der Waals surface area contributed by atoms with Crippen LogP contribution in [0.25, 0.3) is 21.6 Å². The van der Waals surface area contributed by atoms with Crippen molar-refractivity contribution in [3.05, 3.63) is 64.8 Å². The summed E-state index contributed by atoms with van der Waals surface area (Å²) in [7, 11) is 1.59. The molecule has 0 saturated carbocycles. The number of benzene rings is 1. The van der Waals surface area contributed by atoms with Crippen LogP contribution in [0.1, 0.15) is 22.2 Å². The predicted molar refractivity (Wildman–Crippen MR) is 107 cm³/mol. The zero-order valence-electron chi connectivity index (χ0n) is 14.9. The van der Waals surface area contributed by atoms with Gasteiger partial charge in [0.2, 0.25) is 0 Å². The molecular formula is C20H18N4O2S. The van der Waals surface area contributed by atoms with Crippen LogP contribution in [0, 0.1) is 6.92 Å². The van der Waals surface area contributed by atoms with Crippen molar-refractivity contribution >= 4 is 27.4 Å². The SMILES string of the molecule is COc1ccccc1C(O)c1cc2c(N)nc(-c3ccnc(C)c3)nc2s1. The third kappa shape index (κ3) is 3.22. The minimum absolute atomic E-state index is 0.388. The highest BCUT2D eigenvalue weighted by Gasteiger charge is 2.20. The van der Waals surface area contributed by atoms with Gasteiger partial charge in [0.1, 0.15) is 22.5 Å². The topological polar surface area (TPSA) is 94.2 Å². The van der Waals surface area contributed by atoms with E-state index >= 15 is 0 Å². The monoisotopic (exact) mass is 378 g/mol. The number of aliphatic hydroxyl groups is 1. The Hall–Kier alpha value is -3.03. The van der Waals surface area contributed by atoms with Crippen LogP contribution in [-0.2, 0) is 0 Å². The molecule has 0 saturated heterocycles. The number of nitrogens with zero attached hydrogens (tertiary/aromatic N) is 3. The summed E-state index contributed by atoms with van der Waals surface area (Å²) in [6, 6.07) is 13.0. The molecule has 0 spiro atoms. The molecule has 4 aromatic rings. The fourth-order valence-electron chi connectivity index (χ4n) is 2.96. The number of anilines is 1. The standard InChI is InChI=1S/C20H18N4O2S/c1-11-9-12(7-8-22-11)19-23-18(21)14-10-16(27-20(14)24-19)17(25)13-5-3-4-6-15(13)26-2/h3-10,17,25H,1-2H3,(H2,21,23,24). The fourth-order valence-corrected chi connectivity index (χ4v) is 4.00. The molecule has 1 unspecified atom stereocenters. The molecule has 1 atom stereocenters. The zero-order chi connectivity index (χ0) is 19.0. The molecular weight excluding hydrogens is 360 g/mol. The van der Waals surface area contributed by atoms with Gasteiger partial charge in [-0.15, -0.1) is 11.3 Å². The summed E-state index contributed by atoms with van der Waals surface area (Å²) in [6.07, 6.45) is 0.894. The van der Waals surface area contributed by atoms with E-state index in [1.165, 1.54) is 11.3 Å². The second-order valence-corrected chi connectivity index (χ2v) is 7.19. The normalized spacial score (nSPS) is 12.3. The Balaban J connectivity index is 1.79. The van der Waals surface area contributed by atoms with Crippen LogP contribution in [0.3, 0.4) is 0 Å². The van der Waals surface area contributed by atoms with Gasteiger partial charge in [0.05, 0.1) is 12.5 Å². The van der Waals surface area contributed by atoms with E-state index in [9.17, 15) is 5.11 Å². The number of thiophene rings is 1. The number of hydrogen-bond donors (Lipinski definition) is 2. The molecule has 0 amide bonds. The molecule has 0 bridgehead atoms.